The zero-order valence-electron chi connectivity index (χ0n) is 14.2. The van der Waals surface area contributed by atoms with Crippen molar-refractivity contribution in [3.05, 3.63) is 23.8 Å². The van der Waals surface area contributed by atoms with Gasteiger partial charge in [-0.2, -0.15) is 0 Å². The molecule has 4 aliphatic carbocycles. The van der Waals surface area contributed by atoms with Crippen molar-refractivity contribution in [1.82, 2.24) is 0 Å². The molecular weight excluding hydrogens is 288 g/mol. The molecule has 7 atom stereocenters. The van der Waals surface area contributed by atoms with Gasteiger partial charge in [0.15, 0.2) is 5.78 Å². The van der Waals surface area contributed by atoms with Crippen LogP contribution in [0.1, 0.15) is 39.0 Å². The first-order chi connectivity index (χ1) is 11.0. The van der Waals surface area contributed by atoms with Crippen LogP contribution in [0, 0.1) is 35.0 Å². The predicted octanol–water partition coefficient (Wildman–Crippen LogP) is 3.14. The molecule has 126 valence electrons. The molecule has 0 amide bonds. The van der Waals surface area contributed by atoms with Crippen molar-refractivity contribution >= 4 is 5.78 Å². The van der Waals surface area contributed by atoms with E-state index in [4.69, 9.17) is 4.74 Å². The maximum atomic E-state index is 11.9. The van der Waals surface area contributed by atoms with Crippen LogP contribution in [0.5, 0.6) is 0 Å². The van der Waals surface area contributed by atoms with Crippen molar-refractivity contribution in [2.24, 2.45) is 35.0 Å². The highest BCUT2D eigenvalue weighted by molar-refractivity contribution is 6.01. The number of carbonyl (C=O) groups excluding carboxylic acids is 1. The minimum atomic E-state index is -0.130. The zero-order chi connectivity index (χ0) is 16.2. The third-order valence-corrected chi connectivity index (χ3v) is 7.46. The van der Waals surface area contributed by atoms with Crippen LogP contribution in [-0.4, -0.2) is 30.7 Å². The van der Waals surface area contributed by atoms with E-state index in [1.54, 1.807) is 13.2 Å². The summed E-state index contributed by atoms with van der Waals surface area (Å²) in [5.74, 6) is 2.83. The lowest BCUT2D eigenvalue weighted by atomic mass is 9.51. The van der Waals surface area contributed by atoms with Gasteiger partial charge in [0.05, 0.1) is 12.7 Å². The molecule has 4 rings (SSSR count). The Labute approximate surface area is 138 Å². The highest BCUT2D eigenvalue weighted by Crippen LogP contribution is 2.62. The lowest BCUT2D eigenvalue weighted by Crippen LogP contribution is -2.49. The monoisotopic (exact) mass is 316 g/mol. The van der Waals surface area contributed by atoms with E-state index in [0.717, 1.165) is 25.7 Å². The molecule has 0 aromatic rings. The van der Waals surface area contributed by atoms with Crippen LogP contribution in [0.2, 0.25) is 0 Å². The summed E-state index contributed by atoms with van der Waals surface area (Å²) in [5.41, 5.74) is 1.41. The van der Waals surface area contributed by atoms with Gasteiger partial charge in [-0.05, 0) is 67.4 Å². The van der Waals surface area contributed by atoms with Crippen molar-refractivity contribution in [2.45, 2.75) is 45.1 Å². The number of ketones is 1. The van der Waals surface area contributed by atoms with Crippen LogP contribution in [-0.2, 0) is 9.53 Å². The third kappa shape index (κ3) is 2.27. The van der Waals surface area contributed by atoms with E-state index >= 15 is 0 Å². The van der Waals surface area contributed by atoms with Gasteiger partial charge in [-0.3, -0.25) is 4.79 Å². The van der Waals surface area contributed by atoms with Crippen molar-refractivity contribution in [1.29, 1.82) is 0 Å². The summed E-state index contributed by atoms with van der Waals surface area (Å²) >= 11 is 0. The molecule has 0 aromatic carbocycles. The Morgan fingerprint density at radius 3 is 2.91 bits per heavy atom. The third-order valence-electron chi connectivity index (χ3n) is 7.46. The molecular formula is C20H28O3. The number of fused-ring (bicyclic) bond motifs is 5. The van der Waals surface area contributed by atoms with Crippen LogP contribution >= 0.6 is 0 Å². The normalized spacial score (nSPS) is 48.5. The van der Waals surface area contributed by atoms with E-state index in [1.807, 2.05) is 6.08 Å². The van der Waals surface area contributed by atoms with Gasteiger partial charge in [-0.1, -0.05) is 18.6 Å². The molecule has 0 aromatic heterocycles. The van der Waals surface area contributed by atoms with Crippen molar-refractivity contribution in [2.75, 3.05) is 13.7 Å². The second-order valence-electron chi connectivity index (χ2n) is 8.39. The maximum absolute atomic E-state index is 11.9. The average Bonchev–Trinajstić information content (AvgIpc) is 2.83. The van der Waals surface area contributed by atoms with Crippen molar-refractivity contribution in [3.63, 3.8) is 0 Å². The number of methoxy groups -OCH3 is 1. The Morgan fingerprint density at radius 1 is 1.30 bits per heavy atom. The lowest BCUT2D eigenvalue weighted by molar-refractivity contribution is -0.111. The molecule has 0 aliphatic heterocycles. The average molecular weight is 316 g/mol. The summed E-state index contributed by atoms with van der Waals surface area (Å²) < 4.78 is 5.48. The summed E-state index contributed by atoms with van der Waals surface area (Å²) in [7, 11) is 1.76. The fraction of sp³-hybridized carbons (Fsp3) is 0.750. The van der Waals surface area contributed by atoms with E-state index in [2.05, 4.69) is 13.0 Å². The van der Waals surface area contributed by atoms with Gasteiger partial charge in [0, 0.05) is 18.9 Å². The predicted molar refractivity (Wildman–Crippen MR) is 88.8 cm³/mol. The summed E-state index contributed by atoms with van der Waals surface area (Å²) in [4.78, 5) is 11.9. The quantitative estimate of drug-likeness (QED) is 0.851. The highest BCUT2D eigenvalue weighted by atomic mass is 16.5. The molecule has 0 bridgehead atoms. The highest BCUT2D eigenvalue weighted by Gasteiger charge is 2.56. The molecule has 3 heteroatoms. The van der Waals surface area contributed by atoms with Crippen LogP contribution in [0.3, 0.4) is 0 Å². The molecule has 1 N–H and O–H groups in total. The molecule has 0 radical (unpaired) electrons. The number of aliphatic hydroxyl groups is 1. The van der Waals surface area contributed by atoms with E-state index in [1.165, 1.54) is 12.0 Å². The standard InChI is InChI=1S/C20H28O3/c1-20-8-7-15-14-4-3-13(21)10-16(14)12(11-23-2)9-17(15)18(20)5-6-19(20)22/h3-4,10,12,14-15,17-19,22H,5-9,11H2,1-2H3/t12?,14?,15-,17?,18+,19?,20?/m1/s1. The number of hydrogen-bond acceptors (Lipinski definition) is 3. The maximum Gasteiger partial charge on any atom is 0.178 e. The molecule has 0 heterocycles. The second kappa shape index (κ2) is 5.56. The Balaban J connectivity index is 1.68. The van der Waals surface area contributed by atoms with Crippen LogP contribution < -0.4 is 0 Å². The first-order valence-electron chi connectivity index (χ1n) is 9.15. The first kappa shape index (κ1) is 15.6. The Bertz CT molecular complexity index is 563. The molecule has 3 saturated carbocycles. The summed E-state index contributed by atoms with van der Waals surface area (Å²) in [6.07, 6.45) is 11.2. The second-order valence-corrected chi connectivity index (χ2v) is 8.39. The molecule has 4 aliphatic rings. The van der Waals surface area contributed by atoms with Gasteiger partial charge in [-0.25, -0.2) is 0 Å². The zero-order valence-corrected chi connectivity index (χ0v) is 14.2. The number of carbonyl (C=O) groups is 1. The smallest absolute Gasteiger partial charge is 0.178 e. The number of aliphatic hydroxyl groups excluding tert-OH is 1. The fourth-order valence-corrected chi connectivity index (χ4v) is 6.30. The van der Waals surface area contributed by atoms with Gasteiger partial charge >= 0.3 is 0 Å². The van der Waals surface area contributed by atoms with Gasteiger partial charge in [-0.15, -0.1) is 0 Å². The van der Waals surface area contributed by atoms with Gasteiger partial charge in [0.2, 0.25) is 0 Å². The Hall–Kier alpha value is -0.930. The molecule has 0 saturated heterocycles. The largest absolute Gasteiger partial charge is 0.393 e. The molecule has 3 nitrogen and oxygen atoms in total. The van der Waals surface area contributed by atoms with E-state index in [0.29, 0.717) is 36.2 Å². The molecule has 3 fully saturated rings. The van der Waals surface area contributed by atoms with Crippen molar-refractivity contribution < 1.29 is 14.6 Å². The van der Waals surface area contributed by atoms with Crippen molar-refractivity contribution in [3.8, 4) is 0 Å². The number of rotatable bonds is 2. The summed E-state index contributed by atoms with van der Waals surface area (Å²) in [6.45, 7) is 3.02. The van der Waals surface area contributed by atoms with Gasteiger partial charge in [0.25, 0.3) is 0 Å². The Morgan fingerprint density at radius 2 is 2.13 bits per heavy atom. The van der Waals surface area contributed by atoms with Crippen LogP contribution in [0.15, 0.2) is 23.8 Å². The van der Waals surface area contributed by atoms with E-state index < -0.39 is 0 Å². The number of allylic oxidation sites excluding steroid dienone is 3. The van der Waals surface area contributed by atoms with E-state index in [9.17, 15) is 9.90 Å². The number of ether oxygens (including phenoxy) is 1. The van der Waals surface area contributed by atoms with E-state index in [-0.39, 0.29) is 17.3 Å². The molecule has 5 unspecified atom stereocenters. The topological polar surface area (TPSA) is 46.5 Å². The van der Waals surface area contributed by atoms with Gasteiger partial charge in [0.1, 0.15) is 0 Å². The van der Waals surface area contributed by atoms with Crippen LogP contribution in [0.25, 0.3) is 0 Å². The molecule has 23 heavy (non-hydrogen) atoms. The minimum absolute atomic E-state index is 0.105. The SMILES string of the molecule is COCC1CC2[C@H](CCC3(C)C(O)CC[C@@H]23)C2C=CC(=O)C=C12. The number of hydrogen-bond donors (Lipinski definition) is 1. The first-order valence-corrected chi connectivity index (χ1v) is 9.15. The Kier molecular flexibility index (Phi) is 3.77. The van der Waals surface area contributed by atoms with Gasteiger partial charge < -0.3 is 9.84 Å². The fourth-order valence-electron chi connectivity index (χ4n) is 6.30. The molecule has 0 spiro atoms. The lowest BCUT2D eigenvalue weighted by Gasteiger charge is -2.54. The van der Waals surface area contributed by atoms with Crippen LogP contribution in [0.4, 0.5) is 0 Å². The minimum Gasteiger partial charge on any atom is -0.393 e. The summed E-state index contributed by atoms with van der Waals surface area (Å²) in [5, 5.41) is 10.5. The summed E-state index contributed by atoms with van der Waals surface area (Å²) in [6, 6.07) is 0.